The lowest BCUT2D eigenvalue weighted by Crippen LogP contribution is -2.34. The molecule has 0 amide bonds. The van der Waals surface area contributed by atoms with E-state index in [1.54, 1.807) is 0 Å². The SMILES string of the molecule is N#CCCNC1CCC[C@H]2C[C@@H]12. The molecule has 0 aliphatic heterocycles. The van der Waals surface area contributed by atoms with E-state index in [4.69, 9.17) is 5.26 Å². The van der Waals surface area contributed by atoms with Crippen LogP contribution in [0.2, 0.25) is 0 Å². The van der Waals surface area contributed by atoms with E-state index >= 15 is 0 Å². The fourth-order valence-corrected chi connectivity index (χ4v) is 2.48. The van der Waals surface area contributed by atoms with Crippen LogP contribution in [-0.4, -0.2) is 12.6 Å². The largest absolute Gasteiger partial charge is 0.313 e. The number of hydrogen-bond donors (Lipinski definition) is 1. The third-order valence-electron chi connectivity index (χ3n) is 3.23. The van der Waals surface area contributed by atoms with Crippen LogP contribution >= 0.6 is 0 Å². The van der Waals surface area contributed by atoms with E-state index < -0.39 is 0 Å². The van der Waals surface area contributed by atoms with Crippen molar-refractivity contribution in [1.29, 1.82) is 5.26 Å². The molecule has 2 saturated carbocycles. The van der Waals surface area contributed by atoms with Gasteiger partial charge in [0.25, 0.3) is 0 Å². The Labute approximate surface area is 74.0 Å². The Kier molecular flexibility index (Phi) is 2.32. The van der Waals surface area contributed by atoms with Crippen LogP contribution in [0.5, 0.6) is 0 Å². The van der Waals surface area contributed by atoms with Crippen molar-refractivity contribution in [3.05, 3.63) is 0 Å². The highest BCUT2D eigenvalue weighted by Gasteiger charge is 2.44. The topological polar surface area (TPSA) is 35.8 Å². The van der Waals surface area contributed by atoms with Crippen molar-refractivity contribution in [2.45, 2.75) is 38.1 Å². The van der Waals surface area contributed by atoms with Gasteiger partial charge in [0.1, 0.15) is 0 Å². The summed E-state index contributed by atoms with van der Waals surface area (Å²) in [5.41, 5.74) is 0. The number of fused-ring (bicyclic) bond motifs is 1. The van der Waals surface area contributed by atoms with E-state index in [9.17, 15) is 0 Å². The first-order valence-corrected chi connectivity index (χ1v) is 5.02. The highest BCUT2D eigenvalue weighted by atomic mass is 14.9. The van der Waals surface area contributed by atoms with Gasteiger partial charge in [0.15, 0.2) is 0 Å². The van der Waals surface area contributed by atoms with Crippen molar-refractivity contribution in [3.63, 3.8) is 0 Å². The van der Waals surface area contributed by atoms with Crippen molar-refractivity contribution in [2.75, 3.05) is 6.54 Å². The van der Waals surface area contributed by atoms with E-state index in [1.165, 1.54) is 25.7 Å². The van der Waals surface area contributed by atoms with Gasteiger partial charge in [-0.3, -0.25) is 0 Å². The van der Waals surface area contributed by atoms with Crippen LogP contribution in [0.25, 0.3) is 0 Å². The molecule has 2 heteroatoms. The van der Waals surface area contributed by atoms with Crippen LogP contribution in [0.15, 0.2) is 0 Å². The van der Waals surface area contributed by atoms with Crippen LogP contribution in [0.3, 0.4) is 0 Å². The Bertz CT molecular complexity index is 195. The van der Waals surface area contributed by atoms with Gasteiger partial charge in [-0.05, 0) is 24.7 Å². The zero-order chi connectivity index (χ0) is 8.39. The maximum absolute atomic E-state index is 8.38. The first-order chi connectivity index (χ1) is 5.92. The summed E-state index contributed by atoms with van der Waals surface area (Å²) in [7, 11) is 0. The maximum atomic E-state index is 8.38. The molecule has 66 valence electrons. The molecule has 0 aromatic carbocycles. The molecule has 1 unspecified atom stereocenters. The summed E-state index contributed by atoms with van der Waals surface area (Å²) in [6, 6.07) is 2.92. The molecule has 3 atom stereocenters. The number of nitriles is 1. The van der Waals surface area contributed by atoms with Crippen molar-refractivity contribution in [3.8, 4) is 6.07 Å². The van der Waals surface area contributed by atoms with E-state index in [0.29, 0.717) is 6.42 Å². The fourth-order valence-electron chi connectivity index (χ4n) is 2.48. The molecule has 0 aromatic heterocycles. The minimum Gasteiger partial charge on any atom is -0.313 e. The van der Waals surface area contributed by atoms with E-state index in [2.05, 4.69) is 11.4 Å². The Hall–Kier alpha value is -0.550. The normalized spacial score (nSPS) is 38.4. The molecular weight excluding hydrogens is 148 g/mol. The van der Waals surface area contributed by atoms with Crippen molar-refractivity contribution in [1.82, 2.24) is 5.32 Å². The average molecular weight is 164 g/mol. The average Bonchev–Trinajstić information content (AvgIpc) is 2.84. The van der Waals surface area contributed by atoms with Gasteiger partial charge in [0, 0.05) is 19.0 Å². The lowest BCUT2D eigenvalue weighted by atomic mass is 9.95. The molecule has 0 bridgehead atoms. The van der Waals surface area contributed by atoms with Crippen molar-refractivity contribution in [2.24, 2.45) is 11.8 Å². The zero-order valence-corrected chi connectivity index (χ0v) is 7.42. The van der Waals surface area contributed by atoms with Gasteiger partial charge in [-0.2, -0.15) is 5.26 Å². The zero-order valence-electron chi connectivity index (χ0n) is 7.42. The third-order valence-corrected chi connectivity index (χ3v) is 3.23. The summed E-state index contributed by atoms with van der Waals surface area (Å²) in [4.78, 5) is 0. The lowest BCUT2D eigenvalue weighted by Gasteiger charge is -2.21. The highest BCUT2D eigenvalue weighted by Crippen LogP contribution is 2.49. The fraction of sp³-hybridized carbons (Fsp3) is 0.900. The van der Waals surface area contributed by atoms with Gasteiger partial charge in [-0.25, -0.2) is 0 Å². The summed E-state index contributed by atoms with van der Waals surface area (Å²) in [6.45, 7) is 0.893. The van der Waals surface area contributed by atoms with Crippen LogP contribution < -0.4 is 5.32 Å². The van der Waals surface area contributed by atoms with Crippen molar-refractivity contribution < 1.29 is 0 Å². The highest BCUT2D eigenvalue weighted by molar-refractivity contribution is 4.98. The van der Waals surface area contributed by atoms with E-state index in [-0.39, 0.29) is 0 Å². The monoisotopic (exact) mass is 164 g/mol. The first kappa shape index (κ1) is 8.07. The van der Waals surface area contributed by atoms with E-state index in [0.717, 1.165) is 24.4 Å². The smallest absolute Gasteiger partial charge is 0.0635 e. The molecule has 0 aromatic rings. The summed E-state index contributed by atoms with van der Waals surface area (Å²) in [5.74, 6) is 2.01. The standard InChI is InChI=1S/C10H16N2/c11-5-2-6-12-10-4-1-3-8-7-9(8)10/h8-10,12H,1-4,6-7H2/t8-,9+,10?/m0/s1. The minimum absolute atomic E-state index is 0.661. The number of nitrogens with zero attached hydrogens (tertiary/aromatic N) is 1. The number of nitrogens with one attached hydrogen (secondary N) is 1. The lowest BCUT2D eigenvalue weighted by molar-refractivity contribution is 0.357. The Balaban J connectivity index is 1.70. The second kappa shape index (κ2) is 3.45. The molecule has 0 heterocycles. The Morgan fingerprint density at radius 1 is 1.42 bits per heavy atom. The molecule has 2 aliphatic carbocycles. The van der Waals surface area contributed by atoms with Crippen LogP contribution in [0, 0.1) is 23.2 Å². The molecular formula is C10H16N2. The number of rotatable bonds is 3. The maximum Gasteiger partial charge on any atom is 0.0635 e. The molecule has 1 N–H and O–H groups in total. The molecule has 0 radical (unpaired) electrons. The van der Waals surface area contributed by atoms with E-state index in [1.807, 2.05) is 0 Å². The predicted octanol–water partition coefficient (Wildman–Crippen LogP) is 1.68. The molecule has 0 spiro atoms. The first-order valence-electron chi connectivity index (χ1n) is 5.02. The second-order valence-corrected chi connectivity index (χ2v) is 4.06. The summed E-state index contributed by atoms with van der Waals surface area (Å²) >= 11 is 0. The van der Waals surface area contributed by atoms with Gasteiger partial charge in [0.2, 0.25) is 0 Å². The van der Waals surface area contributed by atoms with Crippen molar-refractivity contribution >= 4 is 0 Å². The van der Waals surface area contributed by atoms with Gasteiger partial charge in [-0.15, -0.1) is 0 Å². The molecule has 2 nitrogen and oxygen atoms in total. The van der Waals surface area contributed by atoms with Crippen LogP contribution in [0.4, 0.5) is 0 Å². The predicted molar refractivity (Wildman–Crippen MR) is 47.5 cm³/mol. The summed E-state index contributed by atoms with van der Waals surface area (Å²) in [6.07, 6.45) is 6.30. The molecule has 2 fully saturated rings. The summed E-state index contributed by atoms with van der Waals surface area (Å²) < 4.78 is 0. The van der Waals surface area contributed by atoms with Gasteiger partial charge in [-0.1, -0.05) is 12.8 Å². The quantitative estimate of drug-likeness (QED) is 0.644. The summed E-state index contributed by atoms with van der Waals surface area (Å²) in [5, 5.41) is 11.9. The number of hydrogen-bond acceptors (Lipinski definition) is 2. The van der Waals surface area contributed by atoms with Gasteiger partial charge < -0.3 is 5.32 Å². The van der Waals surface area contributed by atoms with Crippen LogP contribution in [-0.2, 0) is 0 Å². The molecule has 2 rings (SSSR count). The molecule has 2 aliphatic rings. The van der Waals surface area contributed by atoms with Gasteiger partial charge >= 0.3 is 0 Å². The van der Waals surface area contributed by atoms with Gasteiger partial charge in [0.05, 0.1) is 6.07 Å². The Morgan fingerprint density at radius 2 is 2.33 bits per heavy atom. The van der Waals surface area contributed by atoms with Crippen LogP contribution in [0.1, 0.15) is 32.1 Å². The molecule has 0 saturated heterocycles. The minimum atomic E-state index is 0.661. The second-order valence-electron chi connectivity index (χ2n) is 4.06. The Morgan fingerprint density at radius 3 is 3.17 bits per heavy atom. The molecule has 12 heavy (non-hydrogen) atoms. The third kappa shape index (κ3) is 1.61.